The average Bonchev–Trinajstić information content (AvgIpc) is 3.08. The summed E-state index contributed by atoms with van der Waals surface area (Å²) in [6, 6.07) is 16.5. The number of halogens is 1. The molecular formula is C24H21FN4O3. The van der Waals surface area contributed by atoms with Gasteiger partial charge in [0.15, 0.2) is 6.61 Å². The van der Waals surface area contributed by atoms with Crippen LogP contribution in [0.1, 0.15) is 17.0 Å². The van der Waals surface area contributed by atoms with Crippen LogP contribution in [-0.4, -0.2) is 34.8 Å². The zero-order valence-electron chi connectivity index (χ0n) is 17.7. The minimum Gasteiger partial charge on any atom is -0.452 e. The van der Waals surface area contributed by atoms with E-state index in [4.69, 9.17) is 10.00 Å². The van der Waals surface area contributed by atoms with Crippen molar-refractivity contribution in [1.29, 1.82) is 5.26 Å². The van der Waals surface area contributed by atoms with Crippen LogP contribution in [-0.2, 0) is 14.3 Å². The van der Waals surface area contributed by atoms with E-state index >= 15 is 0 Å². The van der Waals surface area contributed by atoms with Gasteiger partial charge in [0, 0.05) is 23.0 Å². The van der Waals surface area contributed by atoms with Gasteiger partial charge in [-0.25, -0.2) is 13.9 Å². The number of aromatic nitrogens is 2. The van der Waals surface area contributed by atoms with Crippen LogP contribution in [0.15, 0.2) is 60.7 Å². The number of anilines is 1. The molecule has 0 aliphatic heterocycles. The molecule has 0 atom stereocenters. The van der Waals surface area contributed by atoms with Crippen LogP contribution in [0, 0.1) is 31.0 Å². The first-order chi connectivity index (χ1) is 15.4. The summed E-state index contributed by atoms with van der Waals surface area (Å²) < 4.78 is 19.9. The summed E-state index contributed by atoms with van der Waals surface area (Å²) in [5.41, 5.74) is 3.39. The number of esters is 1. The van der Waals surface area contributed by atoms with Crippen molar-refractivity contribution in [3.63, 3.8) is 0 Å². The SMILES string of the molecule is Cc1nn(-c2ccc(F)cc2)c(C)c1/C=C/C(=O)OCC(=O)N(CC#N)c1ccccc1. The predicted molar refractivity (Wildman–Crippen MR) is 117 cm³/mol. The third kappa shape index (κ3) is 5.26. The molecule has 0 N–H and O–H groups in total. The minimum atomic E-state index is -0.698. The summed E-state index contributed by atoms with van der Waals surface area (Å²) in [5, 5.41) is 13.4. The summed E-state index contributed by atoms with van der Waals surface area (Å²) in [4.78, 5) is 25.8. The molecular weight excluding hydrogens is 411 g/mol. The van der Waals surface area contributed by atoms with Gasteiger partial charge in [-0.1, -0.05) is 18.2 Å². The van der Waals surface area contributed by atoms with E-state index in [0.29, 0.717) is 22.6 Å². The number of carbonyl (C=O) groups excluding carboxylic acids is 2. The van der Waals surface area contributed by atoms with Gasteiger partial charge >= 0.3 is 5.97 Å². The van der Waals surface area contributed by atoms with E-state index in [0.717, 1.165) is 5.69 Å². The van der Waals surface area contributed by atoms with Gasteiger partial charge in [0.25, 0.3) is 5.91 Å². The zero-order chi connectivity index (χ0) is 23.1. The number of hydrogen-bond donors (Lipinski definition) is 0. The molecule has 0 aliphatic carbocycles. The number of carbonyl (C=O) groups is 2. The van der Waals surface area contributed by atoms with Crippen LogP contribution in [0.5, 0.6) is 0 Å². The summed E-state index contributed by atoms with van der Waals surface area (Å²) >= 11 is 0. The molecule has 2 aromatic carbocycles. The lowest BCUT2D eigenvalue weighted by atomic mass is 10.2. The van der Waals surface area contributed by atoms with Crippen molar-refractivity contribution in [3.8, 4) is 11.8 Å². The van der Waals surface area contributed by atoms with E-state index in [1.54, 1.807) is 60.1 Å². The molecule has 0 unspecified atom stereocenters. The van der Waals surface area contributed by atoms with Crippen molar-refractivity contribution in [1.82, 2.24) is 9.78 Å². The Morgan fingerprint density at radius 3 is 2.50 bits per heavy atom. The van der Waals surface area contributed by atoms with Gasteiger partial charge in [-0.2, -0.15) is 10.4 Å². The molecule has 0 saturated heterocycles. The van der Waals surface area contributed by atoms with Gasteiger partial charge in [-0.3, -0.25) is 9.69 Å². The normalized spacial score (nSPS) is 10.7. The molecule has 32 heavy (non-hydrogen) atoms. The summed E-state index contributed by atoms with van der Waals surface area (Å²) in [7, 11) is 0. The molecule has 1 heterocycles. The van der Waals surface area contributed by atoms with E-state index in [9.17, 15) is 14.0 Å². The highest BCUT2D eigenvalue weighted by Gasteiger charge is 2.17. The van der Waals surface area contributed by atoms with Crippen molar-refractivity contribution in [2.75, 3.05) is 18.1 Å². The number of para-hydroxylation sites is 1. The van der Waals surface area contributed by atoms with E-state index in [-0.39, 0.29) is 12.4 Å². The number of amides is 1. The molecule has 3 rings (SSSR count). The maximum Gasteiger partial charge on any atom is 0.331 e. The molecule has 0 aliphatic rings. The lowest BCUT2D eigenvalue weighted by Gasteiger charge is -2.19. The van der Waals surface area contributed by atoms with Gasteiger partial charge in [0.2, 0.25) is 0 Å². The molecule has 0 radical (unpaired) electrons. The van der Waals surface area contributed by atoms with Crippen molar-refractivity contribution in [3.05, 3.63) is 83.4 Å². The Morgan fingerprint density at radius 2 is 1.84 bits per heavy atom. The van der Waals surface area contributed by atoms with Gasteiger partial charge in [0.05, 0.1) is 17.5 Å². The monoisotopic (exact) mass is 432 g/mol. The van der Waals surface area contributed by atoms with E-state index in [1.165, 1.54) is 23.1 Å². The van der Waals surface area contributed by atoms with Crippen molar-refractivity contribution in [2.45, 2.75) is 13.8 Å². The van der Waals surface area contributed by atoms with Gasteiger partial charge in [0.1, 0.15) is 12.4 Å². The number of nitrogens with zero attached hydrogens (tertiary/aromatic N) is 4. The van der Waals surface area contributed by atoms with Crippen molar-refractivity contribution < 1.29 is 18.7 Å². The highest BCUT2D eigenvalue weighted by Crippen LogP contribution is 2.19. The quantitative estimate of drug-likeness (QED) is 0.322. The second-order valence-corrected chi connectivity index (χ2v) is 6.89. The number of ether oxygens (including phenoxy) is 1. The van der Waals surface area contributed by atoms with Crippen LogP contribution < -0.4 is 4.90 Å². The summed E-state index contributed by atoms with van der Waals surface area (Å²) in [6.45, 7) is 2.97. The summed E-state index contributed by atoms with van der Waals surface area (Å²) in [6.07, 6.45) is 2.78. The number of hydrogen-bond acceptors (Lipinski definition) is 5. The smallest absolute Gasteiger partial charge is 0.331 e. The van der Waals surface area contributed by atoms with E-state index in [2.05, 4.69) is 5.10 Å². The molecule has 0 fully saturated rings. The lowest BCUT2D eigenvalue weighted by molar-refractivity contribution is -0.142. The number of benzene rings is 2. The molecule has 1 aromatic heterocycles. The third-order valence-corrected chi connectivity index (χ3v) is 4.74. The molecule has 7 nitrogen and oxygen atoms in total. The first-order valence-electron chi connectivity index (χ1n) is 9.80. The first kappa shape index (κ1) is 22.4. The Labute approximate surface area is 185 Å². The highest BCUT2D eigenvalue weighted by molar-refractivity contribution is 5.96. The van der Waals surface area contributed by atoms with Crippen LogP contribution in [0.4, 0.5) is 10.1 Å². The van der Waals surface area contributed by atoms with Gasteiger partial charge in [-0.05, 0) is 56.3 Å². The standard InChI is InChI=1S/C24H21FN4O3/c1-17-22(18(2)29(27-17)21-10-8-19(25)9-11-21)12-13-24(31)32-16-23(30)28(15-14-26)20-6-4-3-5-7-20/h3-13H,15-16H2,1-2H3/b13-12+. The van der Waals surface area contributed by atoms with Crippen LogP contribution >= 0.6 is 0 Å². The van der Waals surface area contributed by atoms with Crippen LogP contribution in [0.2, 0.25) is 0 Å². The first-order valence-corrected chi connectivity index (χ1v) is 9.80. The van der Waals surface area contributed by atoms with E-state index in [1.807, 2.05) is 13.0 Å². The number of rotatable bonds is 7. The topological polar surface area (TPSA) is 88.2 Å². The Kier molecular flexibility index (Phi) is 7.13. The molecule has 0 spiro atoms. The maximum atomic E-state index is 13.2. The number of nitriles is 1. The Balaban J connectivity index is 1.66. The molecule has 1 amide bonds. The van der Waals surface area contributed by atoms with Gasteiger partial charge in [-0.15, -0.1) is 0 Å². The van der Waals surface area contributed by atoms with Gasteiger partial charge < -0.3 is 4.74 Å². The predicted octanol–water partition coefficient (Wildman–Crippen LogP) is 3.74. The Bertz CT molecular complexity index is 1180. The Hall–Kier alpha value is -4.25. The second kappa shape index (κ2) is 10.2. The van der Waals surface area contributed by atoms with Crippen molar-refractivity contribution >= 4 is 23.6 Å². The number of aryl methyl sites for hydroxylation is 1. The van der Waals surface area contributed by atoms with Crippen molar-refractivity contribution in [2.24, 2.45) is 0 Å². The molecule has 162 valence electrons. The van der Waals surface area contributed by atoms with E-state index < -0.39 is 18.5 Å². The molecule has 0 bridgehead atoms. The fourth-order valence-electron chi connectivity index (χ4n) is 3.14. The zero-order valence-corrected chi connectivity index (χ0v) is 17.7. The van der Waals surface area contributed by atoms with Crippen LogP contribution in [0.3, 0.4) is 0 Å². The average molecular weight is 432 g/mol. The molecule has 0 saturated carbocycles. The lowest BCUT2D eigenvalue weighted by Crippen LogP contribution is -2.34. The maximum absolute atomic E-state index is 13.2. The molecule has 8 heteroatoms. The second-order valence-electron chi connectivity index (χ2n) is 6.89. The largest absolute Gasteiger partial charge is 0.452 e. The fourth-order valence-corrected chi connectivity index (χ4v) is 3.14. The highest BCUT2D eigenvalue weighted by atomic mass is 19.1. The fraction of sp³-hybridized carbons (Fsp3) is 0.167. The third-order valence-electron chi connectivity index (χ3n) is 4.74. The van der Waals surface area contributed by atoms with Crippen LogP contribution in [0.25, 0.3) is 11.8 Å². The Morgan fingerprint density at radius 1 is 1.16 bits per heavy atom. The summed E-state index contributed by atoms with van der Waals surface area (Å²) in [5.74, 6) is -1.54. The minimum absolute atomic E-state index is 0.156. The molecule has 3 aromatic rings.